The van der Waals surface area contributed by atoms with E-state index in [1.54, 1.807) is 19.1 Å². The van der Waals surface area contributed by atoms with Gasteiger partial charge < -0.3 is 15.0 Å². The lowest BCUT2D eigenvalue weighted by Gasteiger charge is -2.31. The Kier molecular flexibility index (Phi) is 7.79. The van der Waals surface area contributed by atoms with Crippen LogP contribution >= 0.6 is 15.9 Å². The van der Waals surface area contributed by atoms with Gasteiger partial charge in [-0.25, -0.2) is 4.39 Å². The van der Waals surface area contributed by atoms with Crippen molar-refractivity contribution in [3.8, 4) is 5.75 Å². The zero-order valence-electron chi connectivity index (χ0n) is 17.0. The van der Waals surface area contributed by atoms with Crippen molar-refractivity contribution in [2.45, 2.75) is 45.8 Å². The highest BCUT2D eigenvalue weighted by Crippen LogP contribution is 2.17. The molecule has 0 saturated heterocycles. The molecular weight excluding hydrogens is 439 g/mol. The molecule has 0 aliphatic rings. The van der Waals surface area contributed by atoms with Gasteiger partial charge in [0.05, 0.1) is 0 Å². The number of halogens is 2. The first-order valence-corrected chi connectivity index (χ1v) is 10.1. The molecule has 5 nitrogen and oxygen atoms in total. The quantitative estimate of drug-likeness (QED) is 0.664. The van der Waals surface area contributed by atoms with E-state index in [9.17, 15) is 14.0 Å². The zero-order valence-corrected chi connectivity index (χ0v) is 18.6. The Bertz CT molecular complexity index is 850. The Hall–Kier alpha value is -2.41. The summed E-state index contributed by atoms with van der Waals surface area (Å²) in [4.78, 5) is 27.0. The predicted molar refractivity (Wildman–Crippen MR) is 114 cm³/mol. The average molecular weight is 465 g/mol. The average Bonchev–Trinajstić information content (AvgIpc) is 2.64. The van der Waals surface area contributed by atoms with Crippen molar-refractivity contribution in [2.24, 2.45) is 0 Å². The van der Waals surface area contributed by atoms with Crippen LogP contribution in [0, 0.1) is 5.82 Å². The molecule has 29 heavy (non-hydrogen) atoms. The van der Waals surface area contributed by atoms with E-state index in [1.165, 1.54) is 17.0 Å². The lowest BCUT2D eigenvalue weighted by molar-refractivity contribution is -0.142. The van der Waals surface area contributed by atoms with Gasteiger partial charge in [0.15, 0.2) is 18.2 Å². The monoisotopic (exact) mass is 464 g/mol. The molecule has 1 N–H and O–H groups in total. The second-order valence-electron chi connectivity index (χ2n) is 7.78. The van der Waals surface area contributed by atoms with Gasteiger partial charge in [0.1, 0.15) is 6.04 Å². The van der Waals surface area contributed by atoms with E-state index in [2.05, 4.69) is 21.2 Å². The number of carbonyl (C=O) groups excluding carboxylic acids is 2. The summed E-state index contributed by atoms with van der Waals surface area (Å²) in [6, 6.07) is 12.6. The molecule has 0 spiro atoms. The summed E-state index contributed by atoms with van der Waals surface area (Å²) in [7, 11) is 0. The predicted octanol–water partition coefficient (Wildman–Crippen LogP) is 4.30. The van der Waals surface area contributed by atoms with Crippen molar-refractivity contribution >= 4 is 27.7 Å². The third kappa shape index (κ3) is 7.16. The number of ether oxygens (including phenoxy) is 1. The summed E-state index contributed by atoms with van der Waals surface area (Å²) in [6.07, 6.45) is 0. The van der Waals surface area contributed by atoms with Crippen LogP contribution in [0.1, 0.15) is 33.3 Å². The smallest absolute Gasteiger partial charge is 0.261 e. The van der Waals surface area contributed by atoms with E-state index in [4.69, 9.17) is 4.74 Å². The van der Waals surface area contributed by atoms with Gasteiger partial charge >= 0.3 is 0 Å². The Morgan fingerprint density at radius 2 is 1.76 bits per heavy atom. The largest absolute Gasteiger partial charge is 0.481 e. The molecule has 7 heteroatoms. The lowest BCUT2D eigenvalue weighted by Crippen LogP contribution is -2.53. The molecule has 0 saturated carbocycles. The fraction of sp³-hybridized carbons (Fsp3) is 0.364. The molecule has 0 radical (unpaired) electrons. The minimum Gasteiger partial charge on any atom is -0.481 e. The minimum atomic E-state index is -0.727. The molecule has 0 aliphatic carbocycles. The second-order valence-corrected chi connectivity index (χ2v) is 8.70. The molecule has 2 rings (SSSR count). The summed E-state index contributed by atoms with van der Waals surface area (Å²) in [5, 5.41) is 2.89. The second kappa shape index (κ2) is 9.87. The minimum absolute atomic E-state index is 0.00348. The molecule has 0 unspecified atom stereocenters. The maximum Gasteiger partial charge on any atom is 0.261 e. The number of carbonyl (C=O) groups is 2. The molecule has 2 amide bonds. The van der Waals surface area contributed by atoms with Gasteiger partial charge in [-0.15, -0.1) is 0 Å². The van der Waals surface area contributed by atoms with Gasteiger partial charge in [0.2, 0.25) is 5.91 Å². The number of benzene rings is 2. The molecule has 2 aromatic rings. The molecule has 0 heterocycles. The van der Waals surface area contributed by atoms with Gasteiger partial charge in [-0.05, 0) is 57.5 Å². The number of para-hydroxylation sites is 1. The summed E-state index contributed by atoms with van der Waals surface area (Å²) >= 11 is 3.38. The van der Waals surface area contributed by atoms with Gasteiger partial charge in [-0.2, -0.15) is 0 Å². The highest BCUT2D eigenvalue weighted by molar-refractivity contribution is 9.10. The van der Waals surface area contributed by atoms with E-state index < -0.39 is 23.3 Å². The maximum atomic E-state index is 13.8. The highest BCUT2D eigenvalue weighted by atomic mass is 79.9. The summed E-state index contributed by atoms with van der Waals surface area (Å²) in [5.41, 5.74) is 0.435. The Morgan fingerprint density at radius 1 is 1.14 bits per heavy atom. The highest BCUT2D eigenvalue weighted by Gasteiger charge is 2.28. The van der Waals surface area contributed by atoms with Crippen molar-refractivity contribution in [1.82, 2.24) is 10.2 Å². The number of hydrogen-bond donors (Lipinski definition) is 1. The number of amides is 2. The molecule has 156 valence electrons. The Morgan fingerprint density at radius 3 is 2.34 bits per heavy atom. The normalized spacial score (nSPS) is 12.2. The third-order valence-electron chi connectivity index (χ3n) is 4.12. The van der Waals surface area contributed by atoms with Crippen LogP contribution in [0.15, 0.2) is 53.0 Å². The van der Waals surface area contributed by atoms with Crippen molar-refractivity contribution < 1.29 is 18.7 Å². The first-order chi connectivity index (χ1) is 13.6. The van der Waals surface area contributed by atoms with Crippen LogP contribution in [0.4, 0.5) is 4.39 Å². The molecule has 0 bridgehead atoms. The molecule has 0 fully saturated rings. The fourth-order valence-corrected chi connectivity index (χ4v) is 2.89. The van der Waals surface area contributed by atoms with E-state index in [-0.39, 0.29) is 24.8 Å². The fourth-order valence-electron chi connectivity index (χ4n) is 2.63. The van der Waals surface area contributed by atoms with Crippen LogP contribution in [-0.2, 0) is 16.1 Å². The van der Waals surface area contributed by atoms with Gasteiger partial charge in [0.25, 0.3) is 5.91 Å². The number of nitrogens with zero attached hydrogens (tertiary/aromatic N) is 1. The maximum absolute atomic E-state index is 13.8. The van der Waals surface area contributed by atoms with E-state index in [1.807, 2.05) is 45.0 Å². The number of rotatable bonds is 7. The van der Waals surface area contributed by atoms with Crippen LogP contribution in [0.25, 0.3) is 0 Å². The third-order valence-corrected chi connectivity index (χ3v) is 4.65. The van der Waals surface area contributed by atoms with E-state index in [0.717, 1.165) is 10.0 Å². The summed E-state index contributed by atoms with van der Waals surface area (Å²) in [6.45, 7) is 7.15. The van der Waals surface area contributed by atoms with Crippen LogP contribution in [0.5, 0.6) is 5.75 Å². The van der Waals surface area contributed by atoms with Crippen LogP contribution in [-0.4, -0.2) is 34.9 Å². The molecule has 0 aliphatic heterocycles. The Balaban J connectivity index is 2.18. The van der Waals surface area contributed by atoms with Crippen LogP contribution < -0.4 is 10.1 Å². The van der Waals surface area contributed by atoms with Crippen molar-refractivity contribution in [2.75, 3.05) is 6.61 Å². The zero-order chi connectivity index (χ0) is 21.6. The number of nitrogens with one attached hydrogen (secondary N) is 1. The van der Waals surface area contributed by atoms with Gasteiger partial charge in [-0.1, -0.05) is 40.2 Å². The van der Waals surface area contributed by atoms with Crippen LogP contribution in [0.3, 0.4) is 0 Å². The summed E-state index contributed by atoms with van der Waals surface area (Å²) in [5.74, 6) is -1.23. The first-order valence-electron chi connectivity index (χ1n) is 9.30. The molecular formula is C22H26BrFN2O3. The molecule has 0 aromatic heterocycles. The van der Waals surface area contributed by atoms with E-state index >= 15 is 0 Å². The molecule has 2 aromatic carbocycles. The van der Waals surface area contributed by atoms with Crippen molar-refractivity contribution in [1.29, 1.82) is 0 Å². The topological polar surface area (TPSA) is 58.6 Å². The Labute approximate surface area is 179 Å². The van der Waals surface area contributed by atoms with Crippen LogP contribution in [0.2, 0.25) is 0 Å². The van der Waals surface area contributed by atoms with Crippen molar-refractivity contribution in [3.63, 3.8) is 0 Å². The molecule has 1 atom stereocenters. The van der Waals surface area contributed by atoms with Gasteiger partial charge in [0, 0.05) is 16.6 Å². The van der Waals surface area contributed by atoms with Crippen molar-refractivity contribution in [3.05, 3.63) is 64.4 Å². The lowest BCUT2D eigenvalue weighted by atomic mass is 10.1. The SMILES string of the molecule is C[C@@H](C(=O)NC(C)(C)C)N(Cc1ccc(Br)cc1)C(=O)COc1ccccc1F. The standard InChI is InChI=1S/C22H26BrFN2O3/c1-15(21(28)25-22(2,3)4)26(13-16-9-11-17(23)12-10-16)20(27)14-29-19-8-6-5-7-18(19)24/h5-12,15H,13-14H2,1-4H3,(H,25,28)/t15-/m0/s1. The number of hydrogen-bond acceptors (Lipinski definition) is 3. The summed E-state index contributed by atoms with van der Waals surface area (Å²) < 4.78 is 20.1. The van der Waals surface area contributed by atoms with E-state index in [0.29, 0.717) is 0 Å². The van der Waals surface area contributed by atoms with Gasteiger partial charge in [-0.3, -0.25) is 9.59 Å². The first kappa shape index (κ1) is 22.9.